The third-order valence-electron chi connectivity index (χ3n) is 5.24. The van der Waals surface area contributed by atoms with E-state index in [2.05, 4.69) is 0 Å². The van der Waals surface area contributed by atoms with Crippen molar-refractivity contribution in [2.75, 3.05) is 13.7 Å². The first-order valence-corrected chi connectivity index (χ1v) is 11.0. The monoisotopic (exact) mass is 485 g/mol. The second-order valence-corrected chi connectivity index (χ2v) is 9.14. The van der Waals surface area contributed by atoms with E-state index in [1.54, 1.807) is 30.0 Å². The van der Waals surface area contributed by atoms with Gasteiger partial charge in [0.25, 0.3) is 0 Å². The predicted octanol–water partition coefficient (Wildman–Crippen LogP) is 3.08. The topological polar surface area (TPSA) is 104 Å². The number of methoxy groups -OCH3 is 1. The van der Waals surface area contributed by atoms with Crippen molar-refractivity contribution < 1.29 is 29.9 Å². The minimum absolute atomic E-state index is 0.391. The van der Waals surface area contributed by atoms with E-state index < -0.39 is 37.3 Å². The van der Waals surface area contributed by atoms with Crippen LogP contribution in [-0.4, -0.2) is 63.1 Å². The molecule has 2 heterocycles. The molecule has 31 heavy (non-hydrogen) atoms. The fraction of sp³-hybridized carbons (Fsp3) is 0.333. The summed E-state index contributed by atoms with van der Waals surface area (Å²) in [5.74, 6) is 0.734. The highest BCUT2D eigenvalue weighted by Gasteiger charge is 2.44. The number of rotatable bonds is 5. The summed E-state index contributed by atoms with van der Waals surface area (Å²) in [6.07, 6.45) is -4.75. The number of halogens is 2. The van der Waals surface area contributed by atoms with Gasteiger partial charge in [0, 0.05) is 26.4 Å². The van der Waals surface area contributed by atoms with Crippen molar-refractivity contribution >= 4 is 45.9 Å². The second-order valence-electron chi connectivity index (χ2n) is 7.18. The van der Waals surface area contributed by atoms with Crippen LogP contribution < -0.4 is 4.74 Å². The van der Waals surface area contributed by atoms with E-state index in [1.807, 2.05) is 24.3 Å². The Bertz CT molecular complexity index is 1070. The zero-order valence-electron chi connectivity index (χ0n) is 16.4. The van der Waals surface area contributed by atoms with Crippen LogP contribution in [-0.2, 0) is 4.74 Å². The van der Waals surface area contributed by atoms with Crippen molar-refractivity contribution in [1.82, 2.24) is 4.57 Å². The van der Waals surface area contributed by atoms with E-state index in [-0.39, 0.29) is 0 Å². The third kappa shape index (κ3) is 4.27. The maximum absolute atomic E-state index is 10.6. The predicted molar refractivity (Wildman–Crippen MR) is 118 cm³/mol. The molecule has 0 amide bonds. The molecule has 7 nitrogen and oxygen atoms in total. The molecule has 0 saturated carbocycles. The molecule has 1 fully saturated rings. The molecule has 166 valence electrons. The lowest BCUT2D eigenvalue weighted by Gasteiger charge is -2.40. The molecular weight excluding hydrogens is 465 g/mol. The van der Waals surface area contributed by atoms with Crippen molar-refractivity contribution in [3.8, 4) is 5.75 Å². The standard InChI is InChI=1S/C21H21Cl2NO6S/c1-29-11-2-4-12(5-3-11)31-16-8-24(14-7-10(22)6-13(23)17(14)16)21-20(28)19(27)18(26)15(9-25)30-21/h2-8,15,18-21,25-28H,9H2,1H3/t15-,18-,19+,20-,21-/m1/s1. The van der Waals surface area contributed by atoms with Gasteiger partial charge in [-0.2, -0.15) is 0 Å². The van der Waals surface area contributed by atoms with Crippen LogP contribution in [0.15, 0.2) is 52.4 Å². The van der Waals surface area contributed by atoms with Crippen LogP contribution in [0, 0.1) is 0 Å². The van der Waals surface area contributed by atoms with Crippen LogP contribution in [0.3, 0.4) is 0 Å². The zero-order valence-corrected chi connectivity index (χ0v) is 18.7. The number of fused-ring (bicyclic) bond motifs is 1. The number of hydrogen-bond donors (Lipinski definition) is 4. The summed E-state index contributed by atoms with van der Waals surface area (Å²) in [6.45, 7) is -0.518. The van der Waals surface area contributed by atoms with E-state index in [9.17, 15) is 20.4 Å². The molecule has 0 unspecified atom stereocenters. The van der Waals surface area contributed by atoms with Gasteiger partial charge < -0.3 is 34.5 Å². The van der Waals surface area contributed by atoms with E-state index in [4.69, 9.17) is 32.7 Å². The van der Waals surface area contributed by atoms with Crippen molar-refractivity contribution in [3.05, 3.63) is 52.6 Å². The Hall–Kier alpha value is -1.49. The number of nitrogens with zero attached hydrogens (tertiary/aromatic N) is 1. The summed E-state index contributed by atoms with van der Waals surface area (Å²) in [7, 11) is 1.60. The van der Waals surface area contributed by atoms with Crippen LogP contribution in [0.5, 0.6) is 5.75 Å². The molecule has 3 aromatic rings. The van der Waals surface area contributed by atoms with Gasteiger partial charge >= 0.3 is 0 Å². The van der Waals surface area contributed by atoms with Gasteiger partial charge in [-0.1, -0.05) is 35.0 Å². The summed E-state index contributed by atoms with van der Waals surface area (Å²) in [5, 5.41) is 42.0. The first-order valence-electron chi connectivity index (χ1n) is 9.46. The van der Waals surface area contributed by atoms with Crippen LogP contribution in [0.2, 0.25) is 10.0 Å². The SMILES string of the molecule is COc1ccc(Sc2cn([C@@H]3O[C@H](CO)[C@@H](O)[C@H](O)[C@H]3O)c3cc(Cl)cc(Cl)c23)cc1. The van der Waals surface area contributed by atoms with Crippen LogP contribution in [0.4, 0.5) is 0 Å². The van der Waals surface area contributed by atoms with E-state index in [0.717, 1.165) is 15.5 Å². The van der Waals surface area contributed by atoms with Crippen molar-refractivity contribution in [1.29, 1.82) is 0 Å². The molecule has 10 heteroatoms. The Morgan fingerprint density at radius 2 is 1.77 bits per heavy atom. The van der Waals surface area contributed by atoms with Gasteiger partial charge in [0.15, 0.2) is 6.23 Å². The molecule has 0 radical (unpaired) electrons. The average molecular weight is 486 g/mol. The van der Waals surface area contributed by atoms with Crippen molar-refractivity contribution in [3.63, 3.8) is 0 Å². The van der Waals surface area contributed by atoms with Crippen LogP contribution in [0.1, 0.15) is 6.23 Å². The van der Waals surface area contributed by atoms with Gasteiger partial charge in [-0.05, 0) is 36.4 Å². The number of aromatic nitrogens is 1. The van der Waals surface area contributed by atoms with Gasteiger partial charge in [-0.3, -0.25) is 0 Å². The Morgan fingerprint density at radius 1 is 1.06 bits per heavy atom. The number of hydrogen-bond acceptors (Lipinski definition) is 7. The van der Waals surface area contributed by atoms with Crippen LogP contribution >= 0.6 is 35.0 Å². The normalized spacial score (nSPS) is 26.4. The zero-order chi connectivity index (χ0) is 22.3. The Morgan fingerprint density at radius 3 is 2.42 bits per heavy atom. The lowest BCUT2D eigenvalue weighted by molar-refractivity contribution is -0.250. The summed E-state index contributed by atoms with van der Waals surface area (Å²) in [4.78, 5) is 1.71. The Labute approximate surface area is 192 Å². The maximum Gasteiger partial charge on any atom is 0.163 e. The Kier molecular flexibility index (Phi) is 6.71. The molecule has 0 aliphatic carbocycles. The fourth-order valence-corrected chi connectivity index (χ4v) is 5.29. The average Bonchev–Trinajstić information content (AvgIpc) is 3.11. The molecule has 0 spiro atoms. The van der Waals surface area contributed by atoms with Gasteiger partial charge in [-0.15, -0.1) is 0 Å². The summed E-state index contributed by atoms with van der Waals surface area (Å²) >= 11 is 14.2. The highest BCUT2D eigenvalue weighted by Crippen LogP contribution is 2.43. The number of ether oxygens (including phenoxy) is 2. The molecule has 1 aliphatic heterocycles. The van der Waals surface area contributed by atoms with Gasteiger partial charge in [0.2, 0.25) is 0 Å². The molecule has 1 aliphatic rings. The number of aliphatic hydroxyl groups excluding tert-OH is 4. The molecule has 1 aromatic heterocycles. The Balaban J connectivity index is 1.80. The molecule has 4 N–H and O–H groups in total. The van der Waals surface area contributed by atoms with Gasteiger partial charge in [-0.25, -0.2) is 0 Å². The molecule has 4 rings (SSSR count). The van der Waals surface area contributed by atoms with Crippen molar-refractivity contribution in [2.24, 2.45) is 0 Å². The van der Waals surface area contributed by atoms with E-state index in [1.165, 1.54) is 11.8 Å². The summed E-state index contributed by atoms with van der Waals surface area (Å²) in [5.41, 5.74) is 0.581. The molecule has 5 atom stereocenters. The van der Waals surface area contributed by atoms with E-state index in [0.29, 0.717) is 20.9 Å². The number of benzene rings is 2. The smallest absolute Gasteiger partial charge is 0.163 e. The maximum atomic E-state index is 10.6. The summed E-state index contributed by atoms with van der Waals surface area (Å²) < 4.78 is 12.6. The lowest BCUT2D eigenvalue weighted by atomic mass is 9.98. The quantitative estimate of drug-likeness (QED) is 0.440. The van der Waals surface area contributed by atoms with Crippen molar-refractivity contribution in [2.45, 2.75) is 40.4 Å². The van der Waals surface area contributed by atoms with Crippen LogP contribution in [0.25, 0.3) is 10.9 Å². The largest absolute Gasteiger partial charge is 0.497 e. The highest BCUT2D eigenvalue weighted by molar-refractivity contribution is 7.99. The summed E-state index contributed by atoms with van der Waals surface area (Å²) in [6, 6.07) is 10.8. The molecule has 1 saturated heterocycles. The first-order chi connectivity index (χ1) is 14.8. The third-order valence-corrected chi connectivity index (χ3v) is 6.80. The van der Waals surface area contributed by atoms with Gasteiger partial charge in [0.1, 0.15) is 30.2 Å². The second kappa shape index (κ2) is 9.17. The molecule has 0 bridgehead atoms. The molecule has 2 aromatic carbocycles. The fourth-order valence-electron chi connectivity index (χ4n) is 3.64. The number of aliphatic hydroxyl groups is 4. The first kappa shape index (κ1) is 22.7. The minimum Gasteiger partial charge on any atom is -0.497 e. The van der Waals surface area contributed by atoms with E-state index >= 15 is 0 Å². The van der Waals surface area contributed by atoms with Gasteiger partial charge in [0.05, 0.1) is 24.3 Å². The minimum atomic E-state index is -1.50. The highest BCUT2D eigenvalue weighted by atomic mass is 35.5. The lowest BCUT2D eigenvalue weighted by Crippen LogP contribution is -2.56. The molecular formula is C21H21Cl2NO6S.